The summed E-state index contributed by atoms with van der Waals surface area (Å²) in [5.41, 5.74) is 5.78. The van der Waals surface area contributed by atoms with Gasteiger partial charge in [0.25, 0.3) is 0 Å². The van der Waals surface area contributed by atoms with Crippen LogP contribution in [0.2, 0.25) is 0 Å². The second-order valence-corrected chi connectivity index (χ2v) is 2.72. The Hall–Kier alpha value is 0.630. The number of nitrogens with two attached hydrogens (primary N) is 1. The fourth-order valence-electron chi connectivity index (χ4n) is 0.144. The number of rotatable bonds is 2. The summed E-state index contributed by atoms with van der Waals surface area (Å²) < 4.78 is 0. The average molecular weight is 153 g/mol. The predicted molar refractivity (Wildman–Crippen MR) is 39.9 cm³/mol. The van der Waals surface area contributed by atoms with Gasteiger partial charge in [-0.05, 0) is 18.4 Å². The monoisotopic (exact) mass is 153 g/mol. The van der Waals surface area contributed by atoms with Gasteiger partial charge in [0.05, 0.1) is 0 Å². The first-order valence-electron chi connectivity index (χ1n) is 3.06. The third-order valence-electron chi connectivity index (χ3n) is 1.51. The Kier molecular flexibility index (Phi) is 16.3. The summed E-state index contributed by atoms with van der Waals surface area (Å²) in [6.45, 7) is 10.6. The molecule has 0 aliphatic rings. The molecule has 0 heterocycles. The molecule has 0 amide bonds. The van der Waals surface area contributed by atoms with Crippen LogP contribution in [0.4, 0.5) is 0 Å². The van der Waals surface area contributed by atoms with E-state index in [-0.39, 0.29) is 29.6 Å². The van der Waals surface area contributed by atoms with Crippen molar-refractivity contribution in [2.24, 2.45) is 11.1 Å². The third-order valence-corrected chi connectivity index (χ3v) is 1.51. The molecule has 0 atom stereocenters. The Morgan fingerprint density at radius 2 is 1.70 bits per heavy atom. The van der Waals surface area contributed by atoms with Gasteiger partial charge in [0.2, 0.25) is 0 Å². The van der Waals surface area contributed by atoms with Crippen LogP contribution in [0.5, 0.6) is 0 Å². The van der Waals surface area contributed by atoms with Gasteiger partial charge in [0.1, 0.15) is 0 Å². The van der Waals surface area contributed by atoms with Crippen LogP contribution in [0.25, 0.3) is 0 Å². The molecule has 0 saturated heterocycles. The Labute approximate surface area is 85.8 Å². The van der Waals surface area contributed by atoms with E-state index in [1.807, 2.05) is 0 Å². The van der Waals surface area contributed by atoms with E-state index in [9.17, 15) is 0 Å². The van der Waals surface area contributed by atoms with E-state index < -0.39 is 0 Å². The quantitative estimate of drug-likeness (QED) is 0.286. The molecular formula is C7H16NNaO. The summed E-state index contributed by atoms with van der Waals surface area (Å²) in [7, 11) is 0. The van der Waals surface area contributed by atoms with Crippen LogP contribution in [0, 0.1) is 5.41 Å². The Balaban J connectivity index is -0.000000149. The summed E-state index contributed by atoms with van der Waals surface area (Å²) >= 11 is 0. The van der Waals surface area contributed by atoms with Crippen LogP contribution in [0.3, 0.4) is 0 Å². The van der Waals surface area contributed by atoms with E-state index in [1.54, 1.807) is 0 Å². The van der Waals surface area contributed by atoms with Gasteiger partial charge >= 0.3 is 29.6 Å². The molecule has 2 N–H and O–H groups in total. The van der Waals surface area contributed by atoms with Crippen LogP contribution in [0.1, 0.15) is 27.2 Å². The smallest absolute Gasteiger partial charge is 0.545 e. The molecule has 0 aromatic heterocycles. The van der Waals surface area contributed by atoms with E-state index in [0.29, 0.717) is 5.41 Å². The SMILES string of the molecule is CCC(C)(C)CN.[CH-]=O.[Na+]. The molecule has 0 spiro atoms. The van der Waals surface area contributed by atoms with Crippen molar-refractivity contribution in [2.45, 2.75) is 27.2 Å². The largest absolute Gasteiger partial charge is 1.00 e. The predicted octanol–water partition coefficient (Wildman–Crippen LogP) is -1.89. The molecule has 0 aliphatic heterocycles. The van der Waals surface area contributed by atoms with Crippen molar-refractivity contribution in [3.8, 4) is 0 Å². The standard InChI is InChI=1S/C6H15N.CHO.Na/c1-4-6(2,3)5-7;1-2;/h4-5,7H2,1-3H3;1H;/q;-1;+1. The molecule has 10 heavy (non-hydrogen) atoms. The second kappa shape index (κ2) is 9.63. The van der Waals surface area contributed by atoms with Crippen molar-refractivity contribution in [3.63, 3.8) is 0 Å². The van der Waals surface area contributed by atoms with Gasteiger partial charge in [-0.2, -0.15) is 0 Å². The van der Waals surface area contributed by atoms with E-state index in [0.717, 1.165) is 6.54 Å². The van der Waals surface area contributed by atoms with Crippen molar-refractivity contribution in [1.29, 1.82) is 0 Å². The van der Waals surface area contributed by atoms with E-state index in [2.05, 4.69) is 27.6 Å². The minimum Gasteiger partial charge on any atom is -0.545 e. The molecule has 0 aliphatic carbocycles. The molecule has 0 saturated carbocycles. The summed E-state index contributed by atoms with van der Waals surface area (Å²) in [5, 5.41) is 0. The van der Waals surface area contributed by atoms with Crippen LogP contribution in [-0.2, 0) is 4.79 Å². The third kappa shape index (κ3) is 11.4. The summed E-state index contributed by atoms with van der Waals surface area (Å²) in [5.74, 6) is 0. The maximum atomic E-state index is 7.75. The fourth-order valence-corrected chi connectivity index (χ4v) is 0.144. The molecule has 3 heteroatoms. The Morgan fingerprint density at radius 3 is 1.70 bits per heavy atom. The van der Waals surface area contributed by atoms with E-state index in [4.69, 9.17) is 10.5 Å². The zero-order valence-corrected chi connectivity index (χ0v) is 9.48. The molecule has 0 rings (SSSR count). The summed E-state index contributed by atoms with van der Waals surface area (Å²) in [6.07, 6.45) is 1.17. The zero-order chi connectivity index (χ0) is 7.91. The molecule has 0 aromatic rings. The average Bonchev–Trinajstić information content (AvgIpc) is 1.93. The van der Waals surface area contributed by atoms with E-state index >= 15 is 0 Å². The maximum absolute atomic E-state index is 7.75. The Bertz CT molecular complexity index is 60.6. The van der Waals surface area contributed by atoms with Gasteiger partial charge in [-0.3, -0.25) is 6.79 Å². The first-order chi connectivity index (χ1) is 4.12. The Morgan fingerprint density at radius 1 is 1.40 bits per heavy atom. The first-order valence-corrected chi connectivity index (χ1v) is 3.06. The van der Waals surface area contributed by atoms with Gasteiger partial charge in [-0.25, -0.2) is 0 Å². The molecule has 0 aromatic carbocycles. The minimum absolute atomic E-state index is 0. The molecule has 0 bridgehead atoms. The molecule has 2 nitrogen and oxygen atoms in total. The molecular weight excluding hydrogens is 137 g/mol. The fraction of sp³-hybridized carbons (Fsp3) is 0.857. The number of hydrogen-bond donors (Lipinski definition) is 1. The van der Waals surface area contributed by atoms with Crippen LogP contribution < -0.4 is 35.3 Å². The number of carbonyl (C=O) groups excluding carboxylic acids is 1. The van der Waals surface area contributed by atoms with Crippen molar-refractivity contribution in [2.75, 3.05) is 6.54 Å². The van der Waals surface area contributed by atoms with Gasteiger partial charge in [-0.15, -0.1) is 0 Å². The second-order valence-electron chi connectivity index (χ2n) is 2.72. The molecule has 56 valence electrons. The molecule has 0 unspecified atom stereocenters. The number of hydrogen-bond acceptors (Lipinski definition) is 2. The van der Waals surface area contributed by atoms with Gasteiger partial charge in [0, 0.05) is 0 Å². The van der Waals surface area contributed by atoms with Gasteiger partial charge in [-0.1, -0.05) is 20.8 Å². The minimum atomic E-state index is 0. The van der Waals surface area contributed by atoms with Crippen LogP contribution in [-0.4, -0.2) is 13.3 Å². The maximum Gasteiger partial charge on any atom is 1.00 e. The molecule has 0 fully saturated rings. The van der Waals surface area contributed by atoms with Gasteiger partial charge in [0.15, 0.2) is 0 Å². The van der Waals surface area contributed by atoms with Crippen molar-refractivity contribution < 1.29 is 34.4 Å². The van der Waals surface area contributed by atoms with Crippen LogP contribution in [0.15, 0.2) is 0 Å². The van der Waals surface area contributed by atoms with Crippen LogP contribution >= 0.6 is 0 Å². The van der Waals surface area contributed by atoms with Crippen molar-refractivity contribution >= 4 is 6.79 Å². The molecule has 0 radical (unpaired) electrons. The van der Waals surface area contributed by atoms with Crippen molar-refractivity contribution in [3.05, 3.63) is 0 Å². The normalized spacial score (nSPS) is 8.80. The zero-order valence-electron chi connectivity index (χ0n) is 7.48. The van der Waals surface area contributed by atoms with Gasteiger partial charge < -0.3 is 10.5 Å². The summed E-state index contributed by atoms with van der Waals surface area (Å²) in [4.78, 5) is 7.75. The van der Waals surface area contributed by atoms with E-state index in [1.165, 1.54) is 6.42 Å². The summed E-state index contributed by atoms with van der Waals surface area (Å²) in [6, 6.07) is 0. The first kappa shape index (κ1) is 16.9. The van der Waals surface area contributed by atoms with Crippen molar-refractivity contribution in [1.82, 2.24) is 0 Å². The topological polar surface area (TPSA) is 43.1 Å².